The van der Waals surface area contributed by atoms with Crippen molar-refractivity contribution in [1.82, 2.24) is 9.80 Å². The number of hydrogen-bond donors (Lipinski definition) is 0. The zero-order valence-electron chi connectivity index (χ0n) is 39.0. The van der Waals surface area contributed by atoms with Crippen LogP contribution in [0, 0.1) is 5.92 Å². The summed E-state index contributed by atoms with van der Waals surface area (Å²) in [7, 11) is 2.08. The summed E-state index contributed by atoms with van der Waals surface area (Å²) in [5, 5.41) is 0. The van der Waals surface area contributed by atoms with Gasteiger partial charge in [-0.3, -0.25) is 19.3 Å². The average molecular weight is 831 g/mol. The summed E-state index contributed by atoms with van der Waals surface area (Å²) in [5.74, 6) is -0.613. The molecule has 59 heavy (non-hydrogen) atoms. The van der Waals surface area contributed by atoms with Gasteiger partial charge in [0.05, 0.1) is 32.0 Å². The molecule has 1 rings (SSSR count). The highest BCUT2D eigenvalue weighted by Gasteiger charge is 2.25. The summed E-state index contributed by atoms with van der Waals surface area (Å²) in [4.78, 5) is 42.1. The monoisotopic (exact) mass is 831 g/mol. The normalized spacial score (nSPS) is 13.9. The van der Waals surface area contributed by atoms with E-state index in [0.29, 0.717) is 32.8 Å². The van der Waals surface area contributed by atoms with Crippen LogP contribution < -0.4 is 0 Å². The second kappa shape index (κ2) is 42.5. The minimum Gasteiger partial charge on any atom is -0.466 e. The van der Waals surface area contributed by atoms with Crippen LogP contribution in [0.1, 0.15) is 219 Å². The lowest BCUT2D eigenvalue weighted by Gasteiger charge is -2.28. The second-order valence-electron chi connectivity index (χ2n) is 17.4. The van der Waals surface area contributed by atoms with Gasteiger partial charge in [-0.2, -0.15) is 0 Å². The zero-order valence-corrected chi connectivity index (χ0v) is 39.0. The molecule has 344 valence electrons. The van der Waals surface area contributed by atoms with Gasteiger partial charge in [-0.1, -0.05) is 154 Å². The van der Waals surface area contributed by atoms with Crippen LogP contribution in [-0.4, -0.2) is 87.3 Å². The largest absolute Gasteiger partial charge is 0.466 e. The molecular formula is C51H94N2O6. The van der Waals surface area contributed by atoms with Crippen LogP contribution in [0.25, 0.3) is 0 Å². The summed E-state index contributed by atoms with van der Waals surface area (Å²) in [6.07, 6.45) is 46.6. The maximum Gasteiger partial charge on any atom is 0.309 e. The van der Waals surface area contributed by atoms with Gasteiger partial charge in [0.1, 0.15) is 6.61 Å². The molecule has 0 saturated carbocycles. The second-order valence-corrected chi connectivity index (χ2v) is 17.4. The van der Waals surface area contributed by atoms with Crippen molar-refractivity contribution in [2.24, 2.45) is 5.92 Å². The molecule has 0 unspecified atom stereocenters. The number of rotatable bonds is 42. The molecule has 0 bridgehead atoms. The van der Waals surface area contributed by atoms with Gasteiger partial charge in [-0.25, -0.2) is 0 Å². The first-order chi connectivity index (χ1) is 29.0. The highest BCUT2D eigenvalue weighted by atomic mass is 16.5. The van der Waals surface area contributed by atoms with Gasteiger partial charge in [-0.05, 0) is 97.2 Å². The molecule has 0 aromatic carbocycles. The van der Waals surface area contributed by atoms with Crippen LogP contribution in [-0.2, 0) is 28.6 Å². The maximum atomic E-state index is 12.7. The lowest BCUT2D eigenvalue weighted by Crippen LogP contribution is -2.36. The average Bonchev–Trinajstić information content (AvgIpc) is 3.24. The van der Waals surface area contributed by atoms with Crippen LogP contribution in [0.2, 0.25) is 0 Å². The summed E-state index contributed by atoms with van der Waals surface area (Å²) in [6.45, 7) is 8.90. The number of allylic oxidation sites excluding steroid dienone is 4. The Morgan fingerprint density at radius 3 is 1.22 bits per heavy atom. The third-order valence-electron chi connectivity index (χ3n) is 11.8. The summed E-state index contributed by atoms with van der Waals surface area (Å²) < 4.78 is 16.8. The van der Waals surface area contributed by atoms with E-state index in [2.05, 4.69) is 50.1 Å². The third-order valence-corrected chi connectivity index (χ3v) is 11.8. The number of esters is 3. The van der Waals surface area contributed by atoms with Crippen molar-refractivity contribution in [3.8, 4) is 0 Å². The van der Waals surface area contributed by atoms with Crippen molar-refractivity contribution in [3.63, 3.8) is 0 Å². The third kappa shape index (κ3) is 37.3. The molecule has 1 heterocycles. The van der Waals surface area contributed by atoms with Gasteiger partial charge in [0.15, 0.2) is 0 Å². The Balaban J connectivity index is 2.20. The Morgan fingerprint density at radius 1 is 0.475 bits per heavy atom. The number of piperidine rings is 1. The van der Waals surface area contributed by atoms with Crippen molar-refractivity contribution in [2.75, 3.05) is 59.6 Å². The van der Waals surface area contributed by atoms with Crippen molar-refractivity contribution in [3.05, 3.63) is 24.3 Å². The van der Waals surface area contributed by atoms with Gasteiger partial charge in [0.2, 0.25) is 0 Å². The van der Waals surface area contributed by atoms with Crippen LogP contribution >= 0.6 is 0 Å². The van der Waals surface area contributed by atoms with Crippen LogP contribution in [0.5, 0.6) is 0 Å². The van der Waals surface area contributed by atoms with Gasteiger partial charge < -0.3 is 19.1 Å². The van der Waals surface area contributed by atoms with Gasteiger partial charge >= 0.3 is 17.9 Å². The molecule has 0 aromatic rings. The molecule has 0 aliphatic carbocycles. The molecule has 1 aliphatic rings. The fraction of sp³-hybridized carbons (Fsp3) is 0.863. The topological polar surface area (TPSA) is 85.4 Å². The van der Waals surface area contributed by atoms with E-state index < -0.39 is 0 Å². The number of carbonyl (C=O) groups excluding carboxylic acids is 3. The Labute approximate surface area is 364 Å². The summed E-state index contributed by atoms with van der Waals surface area (Å²) in [5.41, 5.74) is 0. The van der Waals surface area contributed by atoms with E-state index in [9.17, 15) is 14.4 Å². The quantitative estimate of drug-likeness (QED) is 0.0260. The number of nitrogens with zero attached hydrogens (tertiary/aromatic N) is 2. The van der Waals surface area contributed by atoms with Crippen molar-refractivity contribution in [2.45, 2.75) is 219 Å². The SMILES string of the molecule is CCCCCCCC/C=C\CCCCCCCCOC(=O)CCN(CCOC(=O)C1CCN(C)CC1)CCC(=O)OCCCCCCCC/C=C\CCCCCCCC. The molecule has 0 atom stereocenters. The standard InChI is InChI=1S/C51H94N2O6/c1-4-6-8-10-12-14-16-18-20-22-24-26-28-30-32-34-45-57-49(54)38-42-53(44-47-59-51(56)48-36-40-52(3)41-37-48)43-39-50(55)58-46-35-33-31-29-27-25-23-21-19-17-15-13-11-9-7-5-2/h18-21,48H,4-17,22-47H2,1-3H3/b20-18-,21-19-. The van der Waals surface area contributed by atoms with E-state index in [1.807, 2.05) is 4.90 Å². The Kier molecular flexibility index (Phi) is 39.5. The van der Waals surface area contributed by atoms with Crippen LogP contribution in [0.4, 0.5) is 0 Å². The first kappa shape index (κ1) is 54.8. The molecule has 0 amide bonds. The molecule has 0 N–H and O–H groups in total. The first-order valence-corrected chi connectivity index (χ1v) is 25.1. The van der Waals surface area contributed by atoms with E-state index in [1.165, 1.54) is 154 Å². The van der Waals surface area contributed by atoms with Crippen molar-refractivity contribution >= 4 is 17.9 Å². The van der Waals surface area contributed by atoms with Crippen molar-refractivity contribution in [1.29, 1.82) is 0 Å². The fourth-order valence-corrected chi connectivity index (χ4v) is 7.69. The highest BCUT2D eigenvalue weighted by Crippen LogP contribution is 2.18. The van der Waals surface area contributed by atoms with Crippen LogP contribution in [0.3, 0.4) is 0 Å². The fourth-order valence-electron chi connectivity index (χ4n) is 7.69. The Hall–Kier alpha value is -2.19. The van der Waals surface area contributed by atoms with E-state index in [1.54, 1.807) is 0 Å². The number of carbonyl (C=O) groups is 3. The van der Waals surface area contributed by atoms with E-state index in [4.69, 9.17) is 14.2 Å². The minimum absolute atomic E-state index is 0.0482. The van der Waals surface area contributed by atoms with Crippen LogP contribution in [0.15, 0.2) is 24.3 Å². The molecule has 0 spiro atoms. The molecule has 0 radical (unpaired) electrons. The van der Waals surface area contributed by atoms with E-state index in [0.717, 1.165) is 51.6 Å². The van der Waals surface area contributed by atoms with E-state index in [-0.39, 0.29) is 43.3 Å². The molecule has 1 aliphatic heterocycles. The summed E-state index contributed by atoms with van der Waals surface area (Å²) in [6, 6.07) is 0. The predicted octanol–water partition coefficient (Wildman–Crippen LogP) is 13.1. The summed E-state index contributed by atoms with van der Waals surface area (Å²) >= 11 is 0. The number of unbranched alkanes of at least 4 members (excludes halogenated alkanes) is 24. The molecule has 0 aromatic heterocycles. The molecule has 8 heteroatoms. The Morgan fingerprint density at radius 2 is 0.831 bits per heavy atom. The maximum absolute atomic E-state index is 12.7. The number of hydrogen-bond acceptors (Lipinski definition) is 8. The van der Waals surface area contributed by atoms with Gasteiger partial charge in [0, 0.05) is 19.6 Å². The smallest absolute Gasteiger partial charge is 0.309 e. The lowest BCUT2D eigenvalue weighted by molar-refractivity contribution is -0.151. The molecule has 8 nitrogen and oxygen atoms in total. The molecule has 1 saturated heterocycles. The van der Waals surface area contributed by atoms with Gasteiger partial charge in [0.25, 0.3) is 0 Å². The predicted molar refractivity (Wildman–Crippen MR) is 248 cm³/mol. The molecule has 1 fully saturated rings. The first-order valence-electron chi connectivity index (χ1n) is 25.1. The lowest BCUT2D eigenvalue weighted by atomic mass is 9.97. The molecular weight excluding hydrogens is 737 g/mol. The Bertz CT molecular complexity index is 964. The van der Waals surface area contributed by atoms with E-state index >= 15 is 0 Å². The highest BCUT2D eigenvalue weighted by molar-refractivity contribution is 5.72. The number of likely N-dealkylation sites (tertiary alicyclic amines) is 1. The minimum atomic E-state index is -0.214. The van der Waals surface area contributed by atoms with Gasteiger partial charge in [-0.15, -0.1) is 0 Å². The zero-order chi connectivity index (χ0) is 42.7. The van der Waals surface area contributed by atoms with Crippen molar-refractivity contribution < 1.29 is 28.6 Å². The number of ether oxygens (including phenoxy) is 3.